The molecule has 0 heterocycles. The maximum atomic E-state index is 12.5. The van der Waals surface area contributed by atoms with Gasteiger partial charge in [0.2, 0.25) is 5.78 Å². The van der Waals surface area contributed by atoms with Gasteiger partial charge in [-0.05, 0) is 12.1 Å². The highest BCUT2D eigenvalue weighted by molar-refractivity contribution is 6.30. The Bertz CT molecular complexity index is 850. The molecule has 0 radical (unpaired) electrons. The highest BCUT2D eigenvalue weighted by Crippen LogP contribution is 2.38. The standard InChI is InChI=1S/C16H10O6/c1-7(17)22-8-5-10-14(12(19)6-8)16(21)13-9(15(10)20)3-2-4-11(13)18/h2-6,18-19H,1H3. The predicted octanol–water partition coefficient (Wildman–Crippen LogP) is 1.80. The van der Waals surface area contributed by atoms with E-state index in [0.29, 0.717) is 0 Å². The zero-order valence-corrected chi connectivity index (χ0v) is 11.4. The van der Waals surface area contributed by atoms with Gasteiger partial charge < -0.3 is 14.9 Å². The molecule has 0 saturated heterocycles. The van der Waals surface area contributed by atoms with E-state index in [2.05, 4.69) is 0 Å². The zero-order valence-electron chi connectivity index (χ0n) is 11.4. The van der Waals surface area contributed by atoms with Gasteiger partial charge in [0.05, 0.1) is 11.1 Å². The van der Waals surface area contributed by atoms with Crippen LogP contribution < -0.4 is 4.74 Å². The summed E-state index contributed by atoms with van der Waals surface area (Å²) in [7, 11) is 0. The molecule has 0 fully saturated rings. The summed E-state index contributed by atoms with van der Waals surface area (Å²) >= 11 is 0. The van der Waals surface area contributed by atoms with Gasteiger partial charge in [0.25, 0.3) is 0 Å². The maximum Gasteiger partial charge on any atom is 0.308 e. The van der Waals surface area contributed by atoms with Crippen LogP contribution in [0.1, 0.15) is 38.8 Å². The van der Waals surface area contributed by atoms with Crippen LogP contribution in [-0.2, 0) is 4.79 Å². The van der Waals surface area contributed by atoms with Gasteiger partial charge in [-0.3, -0.25) is 14.4 Å². The predicted molar refractivity (Wildman–Crippen MR) is 74.4 cm³/mol. The van der Waals surface area contributed by atoms with E-state index in [9.17, 15) is 24.6 Å². The maximum absolute atomic E-state index is 12.5. The molecule has 6 heteroatoms. The minimum atomic E-state index is -0.658. The van der Waals surface area contributed by atoms with Gasteiger partial charge in [0.15, 0.2) is 5.78 Å². The van der Waals surface area contributed by atoms with Crippen LogP contribution in [-0.4, -0.2) is 27.7 Å². The minimum absolute atomic E-state index is 0.0338. The lowest BCUT2D eigenvalue weighted by Gasteiger charge is -2.19. The van der Waals surface area contributed by atoms with Gasteiger partial charge in [0.1, 0.15) is 17.2 Å². The lowest BCUT2D eigenvalue weighted by molar-refractivity contribution is -0.131. The molecule has 0 aromatic heterocycles. The average molecular weight is 298 g/mol. The van der Waals surface area contributed by atoms with Crippen molar-refractivity contribution in [2.45, 2.75) is 6.92 Å². The quantitative estimate of drug-likeness (QED) is 0.525. The highest BCUT2D eigenvalue weighted by Gasteiger charge is 2.34. The Morgan fingerprint density at radius 2 is 1.64 bits per heavy atom. The number of fused-ring (bicyclic) bond motifs is 2. The normalized spacial score (nSPS) is 12.6. The van der Waals surface area contributed by atoms with Crippen LogP contribution in [0.5, 0.6) is 17.2 Å². The molecular weight excluding hydrogens is 288 g/mol. The molecule has 110 valence electrons. The lowest BCUT2D eigenvalue weighted by atomic mass is 9.83. The van der Waals surface area contributed by atoms with Gasteiger partial charge in [0, 0.05) is 24.1 Å². The second kappa shape index (κ2) is 4.70. The van der Waals surface area contributed by atoms with E-state index >= 15 is 0 Å². The van der Waals surface area contributed by atoms with Crippen molar-refractivity contribution in [2.75, 3.05) is 0 Å². The van der Waals surface area contributed by atoms with Crippen molar-refractivity contribution in [1.82, 2.24) is 0 Å². The third kappa shape index (κ3) is 1.93. The summed E-state index contributed by atoms with van der Waals surface area (Å²) in [5.74, 6) is -2.66. The molecule has 0 atom stereocenters. The fourth-order valence-electron chi connectivity index (χ4n) is 2.48. The van der Waals surface area contributed by atoms with Gasteiger partial charge >= 0.3 is 5.97 Å². The van der Waals surface area contributed by atoms with Gasteiger partial charge in [-0.2, -0.15) is 0 Å². The molecule has 0 aliphatic heterocycles. The second-order valence-electron chi connectivity index (χ2n) is 4.82. The van der Waals surface area contributed by atoms with Crippen molar-refractivity contribution in [2.24, 2.45) is 0 Å². The fourth-order valence-corrected chi connectivity index (χ4v) is 2.48. The van der Waals surface area contributed by atoms with Gasteiger partial charge in [-0.15, -0.1) is 0 Å². The SMILES string of the molecule is CC(=O)Oc1cc(O)c2c(c1)C(=O)c1cccc(O)c1C2=O. The number of ketones is 2. The first-order valence-electron chi connectivity index (χ1n) is 6.37. The smallest absolute Gasteiger partial charge is 0.308 e. The number of hydrogen-bond acceptors (Lipinski definition) is 6. The molecule has 1 aliphatic carbocycles. The van der Waals surface area contributed by atoms with E-state index in [1.165, 1.54) is 31.2 Å². The molecule has 0 amide bonds. The van der Waals surface area contributed by atoms with Crippen molar-refractivity contribution >= 4 is 17.5 Å². The van der Waals surface area contributed by atoms with E-state index < -0.39 is 23.3 Å². The zero-order chi connectivity index (χ0) is 16.0. The van der Waals surface area contributed by atoms with Crippen LogP contribution in [0.25, 0.3) is 0 Å². The number of aromatic hydroxyl groups is 2. The van der Waals surface area contributed by atoms with Gasteiger partial charge in [-0.1, -0.05) is 12.1 Å². The Kier molecular flexibility index (Phi) is 2.95. The second-order valence-corrected chi connectivity index (χ2v) is 4.82. The van der Waals surface area contributed by atoms with E-state index in [4.69, 9.17) is 4.74 Å². The Labute approximate surface area is 124 Å². The molecule has 0 bridgehead atoms. The topological polar surface area (TPSA) is 101 Å². The summed E-state index contributed by atoms with van der Waals surface area (Å²) < 4.78 is 4.84. The summed E-state index contributed by atoms with van der Waals surface area (Å²) in [6.45, 7) is 1.18. The summed E-state index contributed by atoms with van der Waals surface area (Å²) in [6.07, 6.45) is 0. The molecule has 22 heavy (non-hydrogen) atoms. The van der Waals surface area contributed by atoms with Crippen LogP contribution in [0.4, 0.5) is 0 Å². The molecular formula is C16H10O6. The minimum Gasteiger partial charge on any atom is -0.507 e. The van der Waals surface area contributed by atoms with Crippen LogP contribution in [0.2, 0.25) is 0 Å². The molecule has 0 unspecified atom stereocenters. The van der Waals surface area contributed by atoms with Crippen molar-refractivity contribution < 1.29 is 29.3 Å². The van der Waals surface area contributed by atoms with E-state index in [1.807, 2.05) is 0 Å². The monoisotopic (exact) mass is 298 g/mol. The molecule has 0 saturated carbocycles. The van der Waals surface area contributed by atoms with Crippen molar-refractivity contribution in [1.29, 1.82) is 0 Å². The van der Waals surface area contributed by atoms with Crippen LogP contribution in [0.3, 0.4) is 0 Å². The van der Waals surface area contributed by atoms with Gasteiger partial charge in [-0.25, -0.2) is 0 Å². The van der Waals surface area contributed by atoms with Crippen molar-refractivity contribution in [3.8, 4) is 17.2 Å². The first-order valence-corrected chi connectivity index (χ1v) is 6.37. The Hall–Kier alpha value is -3.15. The number of carbonyl (C=O) groups excluding carboxylic acids is 3. The summed E-state index contributed by atoms with van der Waals surface area (Å²) in [6, 6.07) is 6.45. The highest BCUT2D eigenvalue weighted by atomic mass is 16.5. The number of carbonyl (C=O) groups is 3. The number of esters is 1. The number of phenols is 2. The summed E-state index contributed by atoms with van der Waals surface area (Å²) in [4.78, 5) is 35.9. The summed E-state index contributed by atoms with van der Waals surface area (Å²) in [5, 5.41) is 19.8. The molecule has 0 spiro atoms. The van der Waals surface area contributed by atoms with Crippen molar-refractivity contribution in [3.05, 3.63) is 52.6 Å². The van der Waals surface area contributed by atoms with Crippen LogP contribution >= 0.6 is 0 Å². The number of hydrogen-bond donors (Lipinski definition) is 2. The molecule has 1 aliphatic rings. The fraction of sp³-hybridized carbons (Fsp3) is 0.0625. The average Bonchev–Trinajstić information content (AvgIpc) is 2.43. The molecule has 2 aromatic carbocycles. The molecule has 6 nitrogen and oxygen atoms in total. The van der Waals surface area contributed by atoms with E-state index in [1.54, 1.807) is 0 Å². The van der Waals surface area contributed by atoms with E-state index in [-0.39, 0.29) is 33.8 Å². The third-order valence-electron chi connectivity index (χ3n) is 3.34. The lowest BCUT2D eigenvalue weighted by Crippen LogP contribution is -2.21. The number of phenolic OH excluding ortho intramolecular Hbond substituents is 2. The summed E-state index contributed by atoms with van der Waals surface area (Å²) in [5.41, 5.74) is -0.387. The Morgan fingerprint density at radius 1 is 0.955 bits per heavy atom. The van der Waals surface area contributed by atoms with Crippen LogP contribution in [0, 0.1) is 0 Å². The first kappa shape index (κ1) is 13.8. The Morgan fingerprint density at radius 3 is 2.32 bits per heavy atom. The van der Waals surface area contributed by atoms with E-state index in [0.717, 1.165) is 6.07 Å². The number of benzene rings is 2. The Balaban J connectivity index is 2.25. The first-order chi connectivity index (χ1) is 10.4. The molecule has 3 rings (SSSR count). The van der Waals surface area contributed by atoms with Crippen molar-refractivity contribution in [3.63, 3.8) is 0 Å². The molecule has 2 aromatic rings. The number of rotatable bonds is 1. The van der Waals surface area contributed by atoms with Crippen LogP contribution in [0.15, 0.2) is 30.3 Å². The largest absolute Gasteiger partial charge is 0.507 e. The number of ether oxygens (including phenoxy) is 1. The third-order valence-corrected chi connectivity index (χ3v) is 3.34. The molecule has 2 N–H and O–H groups in total.